The quantitative estimate of drug-likeness (QED) is 0.776. The van der Waals surface area contributed by atoms with Gasteiger partial charge in [-0.05, 0) is 32.9 Å². The molecule has 0 atom stereocenters. The minimum Gasteiger partial charge on any atom is -0.475 e. The topological polar surface area (TPSA) is 30.3 Å². The molecule has 2 rings (SSSR count). The van der Waals surface area contributed by atoms with E-state index in [0.717, 1.165) is 24.7 Å². The summed E-state index contributed by atoms with van der Waals surface area (Å²) in [6.07, 6.45) is 4.06. The normalized spacial score (nSPS) is 17.6. The number of nitrogens with zero attached hydrogens (tertiary/aromatic N) is 3. The average molecular weight is 223 g/mol. The molecular weight excluding hydrogens is 202 g/mol. The second kappa shape index (κ2) is 5.34. The molecule has 90 valence electrons. The zero-order valence-corrected chi connectivity index (χ0v) is 10.3. The van der Waals surface area contributed by atoms with Crippen LogP contribution in [0.1, 0.15) is 25.0 Å². The lowest BCUT2D eigenvalue weighted by Gasteiger charge is -2.25. The largest absolute Gasteiger partial charge is 0.475 e. The predicted molar refractivity (Wildman–Crippen MR) is 63.7 cm³/mol. The van der Waals surface area contributed by atoms with Crippen LogP contribution in [0, 0.1) is 6.92 Å². The van der Waals surface area contributed by atoms with Gasteiger partial charge in [0.1, 0.15) is 6.61 Å². The van der Waals surface area contributed by atoms with Crippen molar-refractivity contribution >= 4 is 0 Å². The fourth-order valence-electron chi connectivity index (χ4n) is 2.06. The van der Waals surface area contributed by atoms with Crippen LogP contribution in [-0.2, 0) is 7.05 Å². The summed E-state index contributed by atoms with van der Waals surface area (Å²) in [5, 5.41) is 4.27. The Morgan fingerprint density at radius 1 is 1.31 bits per heavy atom. The molecule has 0 aromatic carbocycles. The van der Waals surface area contributed by atoms with Crippen LogP contribution in [0.5, 0.6) is 5.88 Å². The molecule has 1 aromatic heterocycles. The van der Waals surface area contributed by atoms with Gasteiger partial charge in [0.2, 0.25) is 5.88 Å². The number of hydrogen-bond donors (Lipinski definition) is 0. The van der Waals surface area contributed by atoms with E-state index < -0.39 is 0 Å². The average Bonchev–Trinajstić information content (AvgIpc) is 2.60. The smallest absolute Gasteiger partial charge is 0.233 e. The molecule has 2 heterocycles. The van der Waals surface area contributed by atoms with Crippen molar-refractivity contribution in [1.82, 2.24) is 14.7 Å². The molecule has 0 unspecified atom stereocenters. The molecule has 0 saturated carbocycles. The van der Waals surface area contributed by atoms with Crippen molar-refractivity contribution in [2.24, 2.45) is 7.05 Å². The van der Waals surface area contributed by atoms with Gasteiger partial charge in [0, 0.05) is 25.4 Å². The molecule has 1 aromatic rings. The lowest BCUT2D eigenvalue weighted by molar-refractivity contribution is 0.180. The lowest BCUT2D eigenvalue weighted by Crippen LogP contribution is -2.33. The van der Waals surface area contributed by atoms with Crippen LogP contribution in [0.15, 0.2) is 6.07 Å². The number of ether oxygens (including phenoxy) is 1. The van der Waals surface area contributed by atoms with Gasteiger partial charge in [-0.1, -0.05) is 6.42 Å². The van der Waals surface area contributed by atoms with Crippen molar-refractivity contribution in [3.8, 4) is 5.88 Å². The van der Waals surface area contributed by atoms with Crippen LogP contribution in [0.2, 0.25) is 0 Å². The van der Waals surface area contributed by atoms with E-state index in [1.165, 1.54) is 32.4 Å². The molecular formula is C12H21N3O. The third-order valence-electron chi connectivity index (χ3n) is 3.20. The van der Waals surface area contributed by atoms with Crippen LogP contribution in [-0.4, -0.2) is 40.9 Å². The Kier molecular flexibility index (Phi) is 3.83. The SMILES string of the molecule is Cc1cc(OCCN2CCCCC2)nn1C. The van der Waals surface area contributed by atoms with Crippen LogP contribution in [0.25, 0.3) is 0 Å². The number of piperidine rings is 1. The summed E-state index contributed by atoms with van der Waals surface area (Å²) < 4.78 is 7.48. The molecule has 0 amide bonds. The summed E-state index contributed by atoms with van der Waals surface area (Å²) in [5.74, 6) is 0.747. The standard InChI is InChI=1S/C12H21N3O/c1-11-10-12(13-14(11)2)16-9-8-15-6-4-3-5-7-15/h10H,3-9H2,1-2H3. The fraction of sp³-hybridized carbons (Fsp3) is 0.750. The minimum atomic E-state index is 0.746. The highest BCUT2D eigenvalue weighted by atomic mass is 16.5. The highest BCUT2D eigenvalue weighted by Gasteiger charge is 2.10. The van der Waals surface area contributed by atoms with E-state index in [1.807, 2.05) is 24.7 Å². The second-order valence-electron chi connectivity index (χ2n) is 4.50. The first-order valence-corrected chi connectivity index (χ1v) is 6.11. The second-order valence-corrected chi connectivity index (χ2v) is 4.50. The molecule has 0 aliphatic carbocycles. The van der Waals surface area contributed by atoms with Gasteiger partial charge in [-0.2, -0.15) is 0 Å². The van der Waals surface area contributed by atoms with Gasteiger partial charge >= 0.3 is 0 Å². The van der Waals surface area contributed by atoms with Crippen molar-refractivity contribution in [1.29, 1.82) is 0 Å². The summed E-state index contributed by atoms with van der Waals surface area (Å²) in [6.45, 7) is 6.26. The zero-order chi connectivity index (χ0) is 11.4. The Labute approximate surface area is 97.2 Å². The number of hydrogen-bond acceptors (Lipinski definition) is 3. The molecule has 1 aliphatic rings. The van der Waals surface area contributed by atoms with E-state index in [2.05, 4.69) is 10.00 Å². The number of rotatable bonds is 4. The van der Waals surface area contributed by atoms with Gasteiger partial charge in [0.15, 0.2) is 0 Å². The highest BCUT2D eigenvalue weighted by molar-refractivity contribution is 5.13. The van der Waals surface area contributed by atoms with Crippen molar-refractivity contribution in [2.45, 2.75) is 26.2 Å². The van der Waals surface area contributed by atoms with Gasteiger partial charge in [0.05, 0.1) is 0 Å². The molecule has 1 fully saturated rings. The molecule has 0 bridgehead atoms. The summed E-state index contributed by atoms with van der Waals surface area (Å²) >= 11 is 0. The predicted octanol–water partition coefficient (Wildman–Crippen LogP) is 1.59. The van der Waals surface area contributed by atoms with Gasteiger partial charge in [-0.15, -0.1) is 5.10 Å². The first kappa shape index (κ1) is 11.5. The molecule has 0 spiro atoms. The van der Waals surface area contributed by atoms with Gasteiger partial charge in [0.25, 0.3) is 0 Å². The van der Waals surface area contributed by atoms with Gasteiger partial charge < -0.3 is 4.74 Å². The molecule has 1 aliphatic heterocycles. The number of likely N-dealkylation sites (tertiary alicyclic amines) is 1. The van der Waals surface area contributed by atoms with Crippen molar-refractivity contribution in [3.05, 3.63) is 11.8 Å². The van der Waals surface area contributed by atoms with E-state index in [9.17, 15) is 0 Å². The Balaban J connectivity index is 1.71. The summed E-state index contributed by atoms with van der Waals surface area (Å²) in [5.41, 5.74) is 1.13. The maximum absolute atomic E-state index is 5.64. The summed E-state index contributed by atoms with van der Waals surface area (Å²) in [6, 6.07) is 1.98. The lowest BCUT2D eigenvalue weighted by atomic mass is 10.1. The Hall–Kier alpha value is -1.03. The van der Waals surface area contributed by atoms with Gasteiger partial charge in [-0.25, -0.2) is 0 Å². The zero-order valence-electron chi connectivity index (χ0n) is 10.3. The van der Waals surface area contributed by atoms with E-state index in [1.54, 1.807) is 0 Å². The van der Waals surface area contributed by atoms with Crippen LogP contribution < -0.4 is 4.74 Å². The Morgan fingerprint density at radius 3 is 2.69 bits per heavy atom. The molecule has 16 heavy (non-hydrogen) atoms. The van der Waals surface area contributed by atoms with E-state index in [0.29, 0.717) is 0 Å². The van der Waals surface area contributed by atoms with E-state index in [4.69, 9.17) is 4.74 Å². The monoisotopic (exact) mass is 223 g/mol. The molecule has 0 N–H and O–H groups in total. The van der Waals surface area contributed by atoms with Crippen molar-refractivity contribution in [3.63, 3.8) is 0 Å². The third-order valence-corrected chi connectivity index (χ3v) is 3.20. The number of aromatic nitrogens is 2. The van der Waals surface area contributed by atoms with Crippen molar-refractivity contribution < 1.29 is 4.74 Å². The molecule has 4 heteroatoms. The molecule has 0 radical (unpaired) electrons. The van der Waals surface area contributed by atoms with Crippen LogP contribution in [0.3, 0.4) is 0 Å². The summed E-state index contributed by atoms with van der Waals surface area (Å²) in [4.78, 5) is 2.47. The van der Waals surface area contributed by atoms with E-state index >= 15 is 0 Å². The first-order valence-electron chi connectivity index (χ1n) is 6.11. The van der Waals surface area contributed by atoms with Crippen molar-refractivity contribution in [2.75, 3.05) is 26.2 Å². The minimum absolute atomic E-state index is 0.746. The molecule has 4 nitrogen and oxygen atoms in total. The van der Waals surface area contributed by atoms with E-state index in [-0.39, 0.29) is 0 Å². The Morgan fingerprint density at radius 2 is 2.06 bits per heavy atom. The van der Waals surface area contributed by atoms with Crippen LogP contribution in [0.4, 0.5) is 0 Å². The summed E-state index contributed by atoms with van der Waals surface area (Å²) in [7, 11) is 1.94. The first-order chi connectivity index (χ1) is 7.75. The van der Waals surface area contributed by atoms with Crippen LogP contribution >= 0.6 is 0 Å². The number of aryl methyl sites for hydroxylation is 2. The van der Waals surface area contributed by atoms with Gasteiger partial charge in [-0.3, -0.25) is 9.58 Å². The maximum Gasteiger partial charge on any atom is 0.233 e. The molecule has 1 saturated heterocycles. The highest BCUT2D eigenvalue weighted by Crippen LogP contribution is 2.11. The Bertz CT molecular complexity index is 310. The fourth-order valence-corrected chi connectivity index (χ4v) is 2.06. The maximum atomic E-state index is 5.64. The third kappa shape index (κ3) is 2.98.